The van der Waals surface area contributed by atoms with E-state index < -0.39 is 10.8 Å². The van der Waals surface area contributed by atoms with Gasteiger partial charge in [0.1, 0.15) is 0 Å². The summed E-state index contributed by atoms with van der Waals surface area (Å²) in [5.41, 5.74) is 3.09. The van der Waals surface area contributed by atoms with E-state index in [1.165, 1.54) is 19.2 Å². The first-order valence-corrected chi connectivity index (χ1v) is 9.72. The molecule has 33 heavy (non-hydrogen) atoms. The number of nitro groups is 1. The number of nitrogens with one attached hydrogen (secondary N) is 2. The summed E-state index contributed by atoms with van der Waals surface area (Å²) in [6.07, 6.45) is 1.06. The van der Waals surface area contributed by atoms with Crippen molar-refractivity contribution in [3.8, 4) is 11.5 Å². The highest BCUT2D eigenvalue weighted by molar-refractivity contribution is 6.30. The third kappa shape index (κ3) is 5.83. The predicted octanol–water partition coefficient (Wildman–Crippen LogP) is 3.98. The van der Waals surface area contributed by atoms with Crippen molar-refractivity contribution in [3.63, 3.8) is 0 Å². The fourth-order valence-electron chi connectivity index (χ4n) is 2.71. The molecule has 3 N–H and O–H groups in total. The third-order valence-electron chi connectivity index (χ3n) is 4.40. The van der Waals surface area contributed by atoms with Crippen LogP contribution in [0.3, 0.4) is 0 Å². The Bertz CT molecular complexity index is 1230. The highest BCUT2D eigenvalue weighted by Crippen LogP contribution is 2.33. The number of hydrogen-bond donors (Lipinski definition) is 3. The van der Waals surface area contributed by atoms with Crippen LogP contribution in [0.1, 0.15) is 26.3 Å². The molecule has 3 aromatic rings. The number of hydrazone groups is 1. The van der Waals surface area contributed by atoms with E-state index in [2.05, 4.69) is 15.8 Å². The van der Waals surface area contributed by atoms with Crippen LogP contribution in [-0.4, -0.2) is 35.2 Å². The lowest BCUT2D eigenvalue weighted by Crippen LogP contribution is -2.18. The summed E-state index contributed by atoms with van der Waals surface area (Å²) in [4.78, 5) is 34.9. The van der Waals surface area contributed by atoms with Gasteiger partial charge in [0.05, 0.1) is 24.3 Å². The van der Waals surface area contributed by atoms with Gasteiger partial charge < -0.3 is 15.2 Å². The van der Waals surface area contributed by atoms with Gasteiger partial charge in [-0.25, -0.2) is 5.43 Å². The van der Waals surface area contributed by atoms with E-state index in [1.807, 2.05) is 0 Å². The van der Waals surface area contributed by atoms with Crippen molar-refractivity contribution < 1.29 is 24.4 Å². The van der Waals surface area contributed by atoms with Gasteiger partial charge in [-0.05, 0) is 48.5 Å². The Balaban J connectivity index is 1.65. The minimum atomic E-state index is -0.648. The molecule has 0 fully saturated rings. The van der Waals surface area contributed by atoms with Gasteiger partial charge in [0.25, 0.3) is 17.5 Å². The fraction of sp³-hybridized carbons (Fsp3) is 0.0455. The Morgan fingerprint density at radius 2 is 1.67 bits per heavy atom. The molecule has 11 heteroatoms. The molecule has 0 unspecified atom stereocenters. The number of non-ortho nitro benzene ring substituents is 1. The molecule has 0 bridgehead atoms. The van der Waals surface area contributed by atoms with Gasteiger partial charge in [0.15, 0.2) is 11.5 Å². The second-order valence-corrected chi connectivity index (χ2v) is 7.02. The Hall–Kier alpha value is -4.44. The molecule has 0 saturated carbocycles. The molecule has 0 radical (unpaired) electrons. The predicted molar refractivity (Wildman–Crippen MR) is 122 cm³/mol. The molecule has 2 amide bonds. The highest BCUT2D eigenvalue weighted by Gasteiger charge is 2.16. The Morgan fingerprint density at radius 3 is 2.27 bits per heavy atom. The number of methoxy groups -OCH3 is 1. The van der Waals surface area contributed by atoms with Crippen LogP contribution in [0, 0.1) is 10.1 Å². The minimum absolute atomic E-state index is 0.0124. The molecule has 10 nitrogen and oxygen atoms in total. The minimum Gasteiger partial charge on any atom is -0.504 e. The third-order valence-corrected chi connectivity index (χ3v) is 4.65. The molecule has 0 aliphatic carbocycles. The maximum atomic E-state index is 12.3. The van der Waals surface area contributed by atoms with E-state index in [4.69, 9.17) is 16.3 Å². The quantitative estimate of drug-likeness (QED) is 0.272. The molecule has 0 saturated heterocycles. The maximum absolute atomic E-state index is 12.3. The van der Waals surface area contributed by atoms with Crippen molar-refractivity contribution >= 4 is 41.0 Å². The van der Waals surface area contributed by atoms with Gasteiger partial charge >= 0.3 is 0 Å². The Labute approximate surface area is 192 Å². The number of phenolic OH excluding ortho intramolecular Hbond substituents is 1. The first-order chi connectivity index (χ1) is 15.8. The van der Waals surface area contributed by atoms with E-state index in [0.29, 0.717) is 16.3 Å². The number of nitrogens with zero attached hydrogens (tertiary/aromatic N) is 2. The number of aromatic hydroxyl groups is 1. The molecule has 0 spiro atoms. The van der Waals surface area contributed by atoms with Crippen LogP contribution in [-0.2, 0) is 0 Å². The number of anilines is 1. The van der Waals surface area contributed by atoms with Gasteiger partial charge in [0, 0.05) is 33.5 Å². The van der Waals surface area contributed by atoms with Crippen LogP contribution < -0.4 is 15.5 Å². The maximum Gasteiger partial charge on any atom is 0.274 e. The van der Waals surface area contributed by atoms with Crippen LogP contribution in [0.25, 0.3) is 0 Å². The number of rotatable bonds is 7. The lowest BCUT2D eigenvalue weighted by atomic mass is 10.1. The normalized spacial score (nSPS) is 10.6. The van der Waals surface area contributed by atoms with Crippen LogP contribution >= 0.6 is 11.6 Å². The number of ether oxygens (including phenoxy) is 1. The van der Waals surface area contributed by atoms with Gasteiger partial charge in [-0.3, -0.25) is 19.7 Å². The van der Waals surface area contributed by atoms with Gasteiger partial charge in [-0.1, -0.05) is 11.6 Å². The molecular weight excluding hydrogens is 452 g/mol. The largest absolute Gasteiger partial charge is 0.504 e. The second-order valence-electron chi connectivity index (χ2n) is 6.58. The number of amides is 2. The lowest BCUT2D eigenvalue weighted by Gasteiger charge is -2.07. The topological polar surface area (TPSA) is 143 Å². The van der Waals surface area contributed by atoms with Crippen LogP contribution in [0.5, 0.6) is 11.5 Å². The summed E-state index contributed by atoms with van der Waals surface area (Å²) in [7, 11) is 1.25. The smallest absolute Gasteiger partial charge is 0.274 e. The number of benzene rings is 3. The van der Waals surface area contributed by atoms with E-state index in [9.17, 15) is 24.8 Å². The summed E-state index contributed by atoms with van der Waals surface area (Å²) in [5.74, 6) is -1.37. The van der Waals surface area contributed by atoms with E-state index in [-0.39, 0.29) is 34.2 Å². The molecular formula is C22H17ClN4O6. The summed E-state index contributed by atoms with van der Waals surface area (Å²) >= 11 is 5.81. The van der Waals surface area contributed by atoms with Crippen molar-refractivity contribution in [2.75, 3.05) is 12.4 Å². The fourth-order valence-corrected chi connectivity index (χ4v) is 2.83. The van der Waals surface area contributed by atoms with Gasteiger partial charge in [-0.15, -0.1) is 0 Å². The molecule has 3 rings (SSSR count). The average Bonchev–Trinajstić information content (AvgIpc) is 2.80. The summed E-state index contributed by atoms with van der Waals surface area (Å²) in [6, 6.07) is 14.6. The Kier molecular flexibility index (Phi) is 7.21. The molecule has 0 aromatic heterocycles. The van der Waals surface area contributed by atoms with Crippen molar-refractivity contribution in [2.24, 2.45) is 5.10 Å². The number of phenols is 1. The van der Waals surface area contributed by atoms with Crippen molar-refractivity contribution in [2.45, 2.75) is 0 Å². The summed E-state index contributed by atoms with van der Waals surface area (Å²) in [5, 5.41) is 28.0. The van der Waals surface area contributed by atoms with Crippen molar-refractivity contribution in [1.29, 1.82) is 0 Å². The van der Waals surface area contributed by atoms with Crippen LogP contribution in [0.4, 0.5) is 11.4 Å². The second kappa shape index (κ2) is 10.2. The van der Waals surface area contributed by atoms with E-state index in [1.54, 1.807) is 36.4 Å². The summed E-state index contributed by atoms with van der Waals surface area (Å²) < 4.78 is 4.91. The molecule has 3 aromatic carbocycles. The first-order valence-electron chi connectivity index (χ1n) is 9.34. The van der Waals surface area contributed by atoms with Crippen molar-refractivity contribution in [1.82, 2.24) is 5.43 Å². The molecule has 0 heterocycles. The zero-order valence-electron chi connectivity index (χ0n) is 17.1. The monoisotopic (exact) mass is 468 g/mol. The van der Waals surface area contributed by atoms with Crippen molar-refractivity contribution in [3.05, 3.63) is 92.5 Å². The summed E-state index contributed by atoms with van der Waals surface area (Å²) in [6.45, 7) is 0. The van der Waals surface area contributed by atoms with E-state index >= 15 is 0 Å². The molecule has 168 valence electrons. The first kappa shape index (κ1) is 23.2. The number of carbonyl (C=O) groups excluding carboxylic acids is 2. The number of carbonyl (C=O) groups is 2. The zero-order valence-corrected chi connectivity index (χ0v) is 17.9. The number of halogens is 1. The van der Waals surface area contributed by atoms with Crippen LogP contribution in [0.15, 0.2) is 65.8 Å². The lowest BCUT2D eigenvalue weighted by molar-refractivity contribution is -0.385. The number of nitro benzene ring substituents is 1. The van der Waals surface area contributed by atoms with Crippen LogP contribution in [0.2, 0.25) is 5.02 Å². The molecule has 0 aliphatic rings. The average molecular weight is 469 g/mol. The number of hydrogen-bond acceptors (Lipinski definition) is 7. The Morgan fingerprint density at radius 1 is 1.06 bits per heavy atom. The SMILES string of the molecule is COc1cc([N+](=O)[O-])cc(/C=N\NC(=O)c2ccc(NC(=O)c3ccc(Cl)cc3)cc2)c1O. The highest BCUT2D eigenvalue weighted by atomic mass is 35.5. The van der Waals surface area contributed by atoms with E-state index in [0.717, 1.165) is 18.3 Å². The standard InChI is InChI=1S/C22H17ClN4O6/c1-33-19-11-18(27(31)32)10-15(20(19)28)12-24-26-22(30)14-4-8-17(9-5-14)25-21(29)13-2-6-16(23)7-3-13/h2-12,28H,1H3,(H,25,29)(H,26,30)/b24-12-. The van der Waals surface area contributed by atoms with Gasteiger partial charge in [0.2, 0.25) is 0 Å². The molecule has 0 aliphatic heterocycles. The molecule has 0 atom stereocenters. The zero-order chi connectivity index (χ0) is 24.0. The van der Waals surface area contributed by atoms with Gasteiger partial charge in [-0.2, -0.15) is 5.10 Å².